The molecule has 0 unspecified atom stereocenters. The second kappa shape index (κ2) is 6.87. The molecule has 23 heavy (non-hydrogen) atoms. The maximum atomic E-state index is 11.5. The summed E-state index contributed by atoms with van der Waals surface area (Å²) in [5, 5.41) is 4.21. The monoisotopic (exact) mass is 307 g/mol. The van der Waals surface area contributed by atoms with Crippen molar-refractivity contribution in [1.29, 1.82) is 0 Å². The molecule has 0 saturated heterocycles. The van der Waals surface area contributed by atoms with Crippen LogP contribution in [0.4, 0.5) is 11.5 Å². The van der Waals surface area contributed by atoms with Gasteiger partial charge in [0, 0.05) is 17.5 Å². The fourth-order valence-electron chi connectivity index (χ4n) is 2.23. The Balaban J connectivity index is 1.76. The lowest BCUT2D eigenvalue weighted by atomic mass is 10.2. The molecule has 0 saturated carbocycles. The zero-order chi connectivity index (χ0) is 16.1. The molecule has 3 rings (SSSR count). The number of para-hydroxylation sites is 1. The molecule has 1 heterocycles. The number of hydrogen-bond acceptors (Lipinski definition) is 5. The van der Waals surface area contributed by atoms with Gasteiger partial charge in [-0.2, -0.15) is 0 Å². The van der Waals surface area contributed by atoms with E-state index in [1.807, 2.05) is 43.3 Å². The molecule has 0 aliphatic carbocycles. The van der Waals surface area contributed by atoms with Crippen LogP contribution in [0, 0.1) is 0 Å². The SMILES string of the molecule is CCCC(=O)Oc1ccc(Nc2ncnc3ccccc23)cc1. The third-order valence-electron chi connectivity index (χ3n) is 3.35. The predicted octanol–water partition coefficient (Wildman–Crippen LogP) is 4.08. The Morgan fingerprint density at radius 3 is 2.65 bits per heavy atom. The van der Waals surface area contributed by atoms with E-state index in [9.17, 15) is 4.79 Å². The Bertz CT molecular complexity index is 811. The molecule has 0 spiro atoms. The van der Waals surface area contributed by atoms with E-state index >= 15 is 0 Å². The predicted molar refractivity (Wildman–Crippen MR) is 89.8 cm³/mol. The maximum Gasteiger partial charge on any atom is 0.311 e. The van der Waals surface area contributed by atoms with Crippen LogP contribution in [-0.4, -0.2) is 15.9 Å². The lowest BCUT2D eigenvalue weighted by molar-refractivity contribution is -0.134. The molecule has 5 nitrogen and oxygen atoms in total. The average Bonchev–Trinajstić information content (AvgIpc) is 2.57. The fourth-order valence-corrected chi connectivity index (χ4v) is 2.23. The highest BCUT2D eigenvalue weighted by Gasteiger charge is 2.05. The Labute approximate surface area is 134 Å². The van der Waals surface area contributed by atoms with Crippen molar-refractivity contribution in [2.24, 2.45) is 0 Å². The molecule has 0 amide bonds. The van der Waals surface area contributed by atoms with Crippen molar-refractivity contribution in [1.82, 2.24) is 9.97 Å². The summed E-state index contributed by atoms with van der Waals surface area (Å²) in [5.74, 6) is 1.07. The molecule has 1 N–H and O–H groups in total. The highest BCUT2D eigenvalue weighted by atomic mass is 16.5. The van der Waals surface area contributed by atoms with Crippen molar-refractivity contribution < 1.29 is 9.53 Å². The van der Waals surface area contributed by atoms with Gasteiger partial charge >= 0.3 is 5.97 Å². The largest absolute Gasteiger partial charge is 0.427 e. The van der Waals surface area contributed by atoms with Crippen LogP contribution in [0.25, 0.3) is 10.9 Å². The van der Waals surface area contributed by atoms with Gasteiger partial charge in [-0.05, 0) is 42.8 Å². The number of esters is 1. The van der Waals surface area contributed by atoms with Crippen molar-refractivity contribution in [2.45, 2.75) is 19.8 Å². The van der Waals surface area contributed by atoms with E-state index in [1.165, 1.54) is 6.33 Å². The van der Waals surface area contributed by atoms with Crippen molar-refractivity contribution in [2.75, 3.05) is 5.32 Å². The molecular formula is C18H17N3O2. The first-order chi connectivity index (χ1) is 11.3. The number of anilines is 2. The number of aromatic nitrogens is 2. The molecule has 0 atom stereocenters. The van der Waals surface area contributed by atoms with Crippen LogP contribution in [0.5, 0.6) is 5.75 Å². The van der Waals surface area contributed by atoms with E-state index in [4.69, 9.17) is 4.74 Å². The van der Waals surface area contributed by atoms with Crippen LogP contribution >= 0.6 is 0 Å². The van der Waals surface area contributed by atoms with E-state index in [0.29, 0.717) is 12.2 Å². The van der Waals surface area contributed by atoms with Gasteiger partial charge in [-0.3, -0.25) is 4.79 Å². The Morgan fingerprint density at radius 1 is 1.09 bits per heavy atom. The second-order valence-electron chi connectivity index (χ2n) is 5.11. The van der Waals surface area contributed by atoms with E-state index in [0.717, 1.165) is 28.8 Å². The number of hydrogen-bond donors (Lipinski definition) is 1. The molecule has 0 aliphatic heterocycles. The molecule has 1 aromatic heterocycles. The standard InChI is InChI=1S/C18H17N3O2/c1-2-5-17(22)23-14-10-8-13(9-11-14)21-18-15-6-3-4-7-16(15)19-12-20-18/h3-4,6-12H,2,5H2,1H3,(H,19,20,21). The van der Waals surface area contributed by atoms with Crippen molar-refractivity contribution in [3.63, 3.8) is 0 Å². The number of nitrogens with zero attached hydrogens (tertiary/aromatic N) is 2. The normalized spacial score (nSPS) is 10.5. The van der Waals surface area contributed by atoms with Gasteiger partial charge in [-0.1, -0.05) is 19.1 Å². The molecule has 116 valence electrons. The maximum absolute atomic E-state index is 11.5. The molecule has 2 aromatic carbocycles. The topological polar surface area (TPSA) is 64.1 Å². The molecule has 0 fully saturated rings. The number of fused-ring (bicyclic) bond motifs is 1. The van der Waals surface area contributed by atoms with E-state index < -0.39 is 0 Å². The summed E-state index contributed by atoms with van der Waals surface area (Å²) < 4.78 is 5.24. The van der Waals surface area contributed by atoms with Crippen molar-refractivity contribution >= 4 is 28.4 Å². The second-order valence-corrected chi connectivity index (χ2v) is 5.11. The lowest BCUT2D eigenvalue weighted by Crippen LogP contribution is -2.06. The minimum absolute atomic E-state index is 0.213. The molecule has 5 heteroatoms. The fraction of sp³-hybridized carbons (Fsp3) is 0.167. The number of carbonyl (C=O) groups is 1. The highest BCUT2D eigenvalue weighted by molar-refractivity contribution is 5.90. The summed E-state index contributed by atoms with van der Waals surface area (Å²) in [5.41, 5.74) is 1.75. The first-order valence-electron chi connectivity index (χ1n) is 7.54. The number of carbonyl (C=O) groups excluding carboxylic acids is 1. The first-order valence-corrected chi connectivity index (χ1v) is 7.54. The minimum Gasteiger partial charge on any atom is -0.427 e. The molecule has 0 bridgehead atoms. The zero-order valence-corrected chi connectivity index (χ0v) is 12.8. The lowest BCUT2D eigenvalue weighted by Gasteiger charge is -2.09. The zero-order valence-electron chi connectivity index (χ0n) is 12.8. The summed E-state index contributed by atoms with van der Waals surface area (Å²) in [7, 11) is 0. The highest BCUT2D eigenvalue weighted by Crippen LogP contribution is 2.24. The van der Waals surface area contributed by atoms with Gasteiger partial charge in [-0.15, -0.1) is 0 Å². The number of benzene rings is 2. The first kappa shape index (κ1) is 15.0. The van der Waals surface area contributed by atoms with Crippen LogP contribution < -0.4 is 10.1 Å². The third-order valence-corrected chi connectivity index (χ3v) is 3.35. The summed E-state index contributed by atoms with van der Waals surface area (Å²) in [6, 6.07) is 15.0. The molecule has 0 radical (unpaired) electrons. The Hall–Kier alpha value is -2.95. The van der Waals surface area contributed by atoms with E-state index in [-0.39, 0.29) is 5.97 Å². The van der Waals surface area contributed by atoms with Gasteiger partial charge in [0.25, 0.3) is 0 Å². The summed E-state index contributed by atoms with van der Waals surface area (Å²) in [4.78, 5) is 20.0. The van der Waals surface area contributed by atoms with Gasteiger partial charge in [0.05, 0.1) is 5.52 Å². The van der Waals surface area contributed by atoms with E-state index in [2.05, 4.69) is 15.3 Å². The summed E-state index contributed by atoms with van der Waals surface area (Å²) in [6.45, 7) is 1.94. The smallest absolute Gasteiger partial charge is 0.311 e. The summed E-state index contributed by atoms with van der Waals surface area (Å²) >= 11 is 0. The average molecular weight is 307 g/mol. The number of rotatable bonds is 5. The van der Waals surface area contributed by atoms with Gasteiger partial charge in [-0.25, -0.2) is 9.97 Å². The van der Waals surface area contributed by atoms with Gasteiger partial charge in [0.2, 0.25) is 0 Å². The van der Waals surface area contributed by atoms with Crippen molar-refractivity contribution in [3.8, 4) is 5.75 Å². The van der Waals surface area contributed by atoms with Gasteiger partial charge in [0.15, 0.2) is 0 Å². The van der Waals surface area contributed by atoms with Gasteiger partial charge in [0.1, 0.15) is 17.9 Å². The van der Waals surface area contributed by atoms with Crippen LogP contribution in [0.3, 0.4) is 0 Å². The Kier molecular flexibility index (Phi) is 4.47. The van der Waals surface area contributed by atoms with Crippen LogP contribution in [0.1, 0.15) is 19.8 Å². The number of nitrogens with one attached hydrogen (secondary N) is 1. The minimum atomic E-state index is -0.213. The van der Waals surface area contributed by atoms with Gasteiger partial charge < -0.3 is 10.1 Å². The number of ether oxygens (including phenoxy) is 1. The van der Waals surface area contributed by atoms with E-state index in [1.54, 1.807) is 12.1 Å². The molecule has 0 aliphatic rings. The molecule has 3 aromatic rings. The third kappa shape index (κ3) is 3.63. The molecular weight excluding hydrogens is 290 g/mol. The van der Waals surface area contributed by atoms with Crippen LogP contribution in [-0.2, 0) is 4.79 Å². The van der Waals surface area contributed by atoms with Crippen molar-refractivity contribution in [3.05, 3.63) is 54.9 Å². The van der Waals surface area contributed by atoms with Crippen LogP contribution in [0.15, 0.2) is 54.9 Å². The summed E-state index contributed by atoms with van der Waals surface area (Å²) in [6.07, 6.45) is 2.73. The van der Waals surface area contributed by atoms with Crippen LogP contribution in [0.2, 0.25) is 0 Å². The Morgan fingerprint density at radius 2 is 1.87 bits per heavy atom. The quantitative estimate of drug-likeness (QED) is 0.568.